The van der Waals surface area contributed by atoms with Crippen molar-refractivity contribution in [2.24, 2.45) is 0 Å². The highest BCUT2D eigenvalue weighted by Gasteiger charge is 2.40. The summed E-state index contributed by atoms with van der Waals surface area (Å²) in [6.07, 6.45) is 4.87. The third-order valence-corrected chi connectivity index (χ3v) is 3.80. The molecule has 0 bridgehead atoms. The molecule has 1 aliphatic carbocycles. The number of benzene rings is 1. The normalized spacial score (nSPS) is 18.7. The number of ketones is 2. The highest BCUT2D eigenvalue weighted by molar-refractivity contribution is 6.30. The van der Waals surface area contributed by atoms with Crippen LogP contribution in [0, 0.1) is 0 Å². The highest BCUT2D eigenvalue weighted by atomic mass is 16.2. The zero-order valence-electron chi connectivity index (χ0n) is 12.2. The van der Waals surface area contributed by atoms with Crippen LogP contribution in [0.1, 0.15) is 18.5 Å². The number of aromatic nitrogens is 1. The molecule has 0 amide bonds. The fraction of sp³-hybridized carbons (Fsp3) is 0.105. The molecule has 108 valence electrons. The van der Waals surface area contributed by atoms with Gasteiger partial charge in [-0.3, -0.25) is 14.6 Å². The van der Waals surface area contributed by atoms with Crippen LogP contribution >= 0.6 is 0 Å². The minimum Gasteiger partial charge on any atom is -0.293 e. The number of rotatable bonds is 3. The molecular weight excluding hydrogens is 274 g/mol. The topological polar surface area (TPSA) is 47.0 Å². The lowest BCUT2D eigenvalue weighted by molar-refractivity contribution is -0.123. The average molecular weight is 289 g/mol. The third kappa shape index (κ3) is 2.11. The lowest BCUT2D eigenvalue weighted by Crippen LogP contribution is -2.16. The Bertz CT molecular complexity index is 859. The number of nitrogens with zero attached hydrogens (tertiary/aromatic N) is 1. The molecule has 3 rings (SSSR count). The van der Waals surface area contributed by atoms with Crippen molar-refractivity contribution in [1.82, 2.24) is 4.98 Å². The molecule has 1 aliphatic rings. The van der Waals surface area contributed by atoms with Gasteiger partial charge in [0.05, 0.1) is 11.2 Å². The summed E-state index contributed by atoms with van der Waals surface area (Å²) in [7, 11) is 0. The number of pyridine rings is 1. The van der Waals surface area contributed by atoms with Crippen molar-refractivity contribution in [3.8, 4) is 0 Å². The molecule has 3 nitrogen and oxygen atoms in total. The van der Waals surface area contributed by atoms with Gasteiger partial charge in [0.15, 0.2) is 11.6 Å². The van der Waals surface area contributed by atoms with E-state index in [2.05, 4.69) is 11.6 Å². The molecule has 0 spiro atoms. The van der Waals surface area contributed by atoms with Crippen molar-refractivity contribution in [2.75, 3.05) is 0 Å². The Morgan fingerprint density at radius 3 is 2.50 bits per heavy atom. The second-order valence-corrected chi connectivity index (χ2v) is 5.12. The average Bonchev–Trinajstić information content (AvgIpc) is 2.77. The number of hydrogen-bond acceptors (Lipinski definition) is 3. The molecule has 3 heteroatoms. The fourth-order valence-electron chi connectivity index (χ4n) is 2.76. The Morgan fingerprint density at radius 2 is 1.77 bits per heavy atom. The molecule has 0 saturated heterocycles. The van der Waals surface area contributed by atoms with Crippen LogP contribution in [0.25, 0.3) is 10.9 Å². The summed E-state index contributed by atoms with van der Waals surface area (Å²) in [5.74, 6) is -1.29. The maximum absolute atomic E-state index is 12.6. The smallest absolute Gasteiger partial charge is 0.180 e. The first-order chi connectivity index (χ1) is 10.7. The summed E-state index contributed by atoms with van der Waals surface area (Å²) in [6.45, 7) is 5.47. The molecule has 1 aromatic heterocycles. The van der Waals surface area contributed by atoms with Gasteiger partial charge in [-0.1, -0.05) is 49.1 Å². The van der Waals surface area contributed by atoms with Crippen LogP contribution in [0.2, 0.25) is 0 Å². The molecule has 1 unspecified atom stereocenters. The number of allylic oxidation sites excluding steroid dienone is 5. The zero-order valence-corrected chi connectivity index (χ0v) is 12.2. The van der Waals surface area contributed by atoms with Gasteiger partial charge in [0.2, 0.25) is 0 Å². The van der Waals surface area contributed by atoms with Crippen molar-refractivity contribution < 1.29 is 9.59 Å². The Hall–Kier alpha value is -2.81. The lowest BCUT2D eigenvalue weighted by atomic mass is 9.97. The second kappa shape index (κ2) is 5.53. The predicted molar refractivity (Wildman–Crippen MR) is 86.5 cm³/mol. The third-order valence-electron chi connectivity index (χ3n) is 3.80. The maximum atomic E-state index is 12.6. The highest BCUT2D eigenvalue weighted by Crippen LogP contribution is 2.33. The number of para-hydroxylation sites is 1. The van der Waals surface area contributed by atoms with E-state index in [1.807, 2.05) is 37.3 Å². The predicted octanol–water partition coefficient (Wildman–Crippen LogP) is 3.53. The molecule has 0 saturated carbocycles. The summed E-state index contributed by atoms with van der Waals surface area (Å²) < 4.78 is 0. The van der Waals surface area contributed by atoms with Crippen molar-refractivity contribution in [3.63, 3.8) is 0 Å². The first-order valence-corrected chi connectivity index (χ1v) is 7.11. The summed E-state index contributed by atoms with van der Waals surface area (Å²) >= 11 is 0. The van der Waals surface area contributed by atoms with Gasteiger partial charge >= 0.3 is 0 Å². The van der Waals surface area contributed by atoms with E-state index in [0.717, 1.165) is 10.9 Å². The standard InChI is InChI=1S/C19H15NO2/c1-3-7-14-13(4-2)18(21)17(19(14)22)16-11-10-12-8-5-6-9-15(12)20-16/h3-11,17H,2H2,1H3/b7-3-. The maximum Gasteiger partial charge on any atom is 0.180 e. The van der Waals surface area contributed by atoms with Crippen LogP contribution in [0.3, 0.4) is 0 Å². The molecule has 1 heterocycles. The van der Waals surface area contributed by atoms with Crippen LogP contribution in [0.5, 0.6) is 0 Å². The molecule has 0 radical (unpaired) electrons. The van der Waals surface area contributed by atoms with Gasteiger partial charge in [0, 0.05) is 16.5 Å². The SMILES string of the molecule is C=CC1=C(/C=C\C)C(=O)C(c2ccc3ccccc3n2)C1=O. The van der Waals surface area contributed by atoms with E-state index in [4.69, 9.17) is 0 Å². The van der Waals surface area contributed by atoms with Crippen LogP contribution in [0.15, 0.2) is 72.4 Å². The summed E-state index contributed by atoms with van der Waals surface area (Å²) in [4.78, 5) is 29.6. The van der Waals surface area contributed by atoms with Gasteiger partial charge in [-0.2, -0.15) is 0 Å². The Labute approximate surface area is 128 Å². The summed E-state index contributed by atoms with van der Waals surface area (Å²) in [6, 6.07) is 11.3. The molecule has 1 aromatic carbocycles. The molecule has 1 atom stereocenters. The van der Waals surface area contributed by atoms with Crippen LogP contribution in [-0.2, 0) is 9.59 Å². The lowest BCUT2D eigenvalue weighted by Gasteiger charge is -2.08. The van der Waals surface area contributed by atoms with Crippen molar-refractivity contribution >= 4 is 22.5 Å². The number of hydrogen-bond donors (Lipinski definition) is 0. The summed E-state index contributed by atoms with van der Waals surface area (Å²) in [5.41, 5.74) is 2.07. The monoisotopic (exact) mass is 289 g/mol. The first-order valence-electron chi connectivity index (χ1n) is 7.11. The minimum absolute atomic E-state index is 0.208. The van der Waals surface area contributed by atoms with Gasteiger partial charge in [0.25, 0.3) is 0 Å². The summed E-state index contributed by atoms with van der Waals surface area (Å²) in [5, 5.41) is 0.981. The fourth-order valence-corrected chi connectivity index (χ4v) is 2.76. The molecule has 2 aromatic rings. The van der Waals surface area contributed by atoms with Gasteiger partial charge in [-0.05, 0) is 19.1 Å². The number of Topliss-reactive ketones (excluding diaryl/α,β-unsaturated/α-hetero) is 2. The van der Waals surface area contributed by atoms with E-state index in [1.54, 1.807) is 18.2 Å². The number of carbonyl (C=O) groups excluding carboxylic acids is 2. The molecule has 22 heavy (non-hydrogen) atoms. The van der Waals surface area contributed by atoms with E-state index in [1.165, 1.54) is 6.08 Å². The molecular formula is C19H15NO2. The Balaban J connectivity index is 2.10. The Kier molecular flexibility index (Phi) is 3.55. The van der Waals surface area contributed by atoms with Crippen LogP contribution < -0.4 is 0 Å². The van der Waals surface area contributed by atoms with Crippen LogP contribution in [-0.4, -0.2) is 16.6 Å². The first kappa shape index (κ1) is 14.1. The van der Waals surface area contributed by atoms with E-state index in [0.29, 0.717) is 16.8 Å². The molecule has 0 fully saturated rings. The van der Waals surface area contributed by atoms with Gasteiger partial charge in [0.1, 0.15) is 5.92 Å². The molecule has 0 aliphatic heterocycles. The number of carbonyl (C=O) groups is 2. The van der Waals surface area contributed by atoms with Gasteiger partial charge in [-0.15, -0.1) is 0 Å². The van der Waals surface area contributed by atoms with Crippen molar-refractivity contribution in [2.45, 2.75) is 12.8 Å². The van der Waals surface area contributed by atoms with E-state index in [9.17, 15) is 9.59 Å². The quantitative estimate of drug-likeness (QED) is 0.812. The van der Waals surface area contributed by atoms with E-state index >= 15 is 0 Å². The minimum atomic E-state index is -0.858. The number of fused-ring (bicyclic) bond motifs is 1. The molecule has 0 N–H and O–H groups in total. The van der Waals surface area contributed by atoms with Crippen LogP contribution in [0.4, 0.5) is 0 Å². The largest absolute Gasteiger partial charge is 0.293 e. The van der Waals surface area contributed by atoms with Gasteiger partial charge < -0.3 is 0 Å². The zero-order chi connectivity index (χ0) is 15.7. The van der Waals surface area contributed by atoms with E-state index in [-0.39, 0.29) is 11.6 Å². The Morgan fingerprint density at radius 1 is 1.05 bits per heavy atom. The van der Waals surface area contributed by atoms with Crippen molar-refractivity contribution in [1.29, 1.82) is 0 Å². The van der Waals surface area contributed by atoms with Crippen molar-refractivity contribution in [3.05, 3.63) is 78.0 Å². The van der Waals surface area contributed by atoms with Gasteiger partial charge in [-0.25, -0.2) is 0 Å². The van der Waals surface area contributed by atoms with E-state index < -0.39 is 5.92 Å². The second-order valence-electron chi connectivity index (χ2n) is 5.12.